The molecule has 0 N–H and O–H groups in total. The van der Waals surface area contributed by atoms with Crippen LogP contribution in [0.15, 0.2) is 52.9 Å². The molecule has 5 nitrogen and oxygen atoms in total. The third-order valence-corrected chi connectivity index (χ3v) is 7.32. The van der Waals surface area contributed by atoms with Gasteiger partial charge in [0.1, 0.15) is 22.4 Å². The third-order valence-electron chi connectivity index (χ3n) is 4.73. The monoisotopic (exact) mass is 434 g/mol. The molecule has 1 aliphatic rings. The van der Waals surface area contributed by atoms with E-state index in [2.05, 4.69) is 4.98 Å². The fourth-order valence-electron chi connectivity index (χ4n) is 3.35. The van der Waals surface area contributed by atoms with E-state index >= 15 is 0 Å². The summed E-state index contributed by atoms with van der Waals surface area (Å²) in [5, 5.41) is 2.22. The van der Waals surface area contributed by atoms with Gasteiger partial charge in [0.15, 0.2) is 9.84 Å². The molecule has 0 bridgehead atoms. The minimum atomic E-state index is -3.58. The summed E-state index contributed by atoms with van der Waals surface area (Å²) in [6.07, 6.45) is 2.73. The largest absolute Gasteiger partial charge is 0.308 e. The average Bonchev–Trinajstić information content (AvgIpc) is 3.20. The summed E-state index contributed by atoms with van der Waals surface area (Å²) in [6.45, 7) is 0.340. The number of sulfone groups is 1. The van der Waals surface area contributed by atoms with E-state index in [0.29, 0.717) is 35.6 Å². The van der Waals surface area contributed by atoms with Crippen molar-refractivity contribution >= 4 is 32.8 Å². The molecule has 0 saturated heterocycles. The number of halogens is 2. The highest BCUT2D eigenvalue weighted by atomic mass is 32.2. The maximum Gasteiger partial charge on any atom is 0.261 e. The predicted octanol–water partition coefficient (Wildman–Crippen LogP) is 3.99. The van der Waals surface area contributed by atoms with E-state index in [0.717, 1.165) is 18.2 Å². The first-order valence-electron chi connectivity index (χ1n) is 8.86. The second-order valence-corrected chi connectivity index (χ2v) is 9.63. The number of thiazole rings is 1. The molecule has 29 heavy (non-hydrogen) atoms. The Balaban J connectivity index is 1.67. The molecule has 0 unspecified atom stereocenters. The van der Waals surface area contributed by atoms with Crippen LogP contribution < -0.4 is 4.90 Å². The number of benzene rings is 2. The molecule has 1 amide bonds. The van der Waals surface area contributed by atoms with Crippen LogP contribution in [0.25, 0.3) is 0 Å². The molecule has 9 heteroatoms. The van der Waals surface area contributed by atoms with Gasteiger partial charge in [-0.05, 0) is 54.8 Å². The molecule has 0 spiro atoms. The van der Waals surface area contributed by atoms with Gasteiger partial charge in [-0.25, -0.2) is 22.2 Å². The van der Waals surface area contributed by atoms with Crippen molar-refractivity contribution in [2.24, 2.45) is 0 Å². The lowest BCUT2D eigenvalue weighted by Gasteiger charge is -2.30. The van der Waals surface area contributed by atoms with Crippen molar-refractivity contribution in [1.82, 2.24) is 4.98 Å². The number of anilines is 1. The Morgan fingerprint density at radius 1 is 1.17 bits per heavy atom. The van der Waals surface area contributed by atoms with Gasteiger partial charge in [-0.2, -0.15) is 0 Å². The summed E-state index contributed by atoms with van der Waals surface area (Å²) in [4.78, 5) is 18.4. The molecule has 0 saturated carbocycles. The first-order chi connectivity index (χ1) is 13.8. The van der Waals surface area contributed by atoms with Crippen molar-refractivity contribution in [2.45, 2.75) is 23.5 Å². The van der Waals surface area contributed by atoms with Crippen LogP contribution in [0.1, 0.15) is 27.3 Å². The van der Waals surface area contributed by atoms with E-state index < -0.39 is 27.4 Å². The van der Waals surface area contributed by atoms with Crippen LogP contribution >= 0.6 is 11.3 Å². The first-order valence-corrected chi connectivity index (χ1v) is 11.4. The van der Waals surface area contributed by atoms with E-state index in [1.165, 1.54) is 22.3 Å². The number of aromatic nitrogens is 1. The van der Waals surface area contributed by atoms with Crippen molar-refractivity contribution in [2.75, 3.05) is 11.4 Å². The van der Waals surface area contributed by atoms with Gasteiger partial charge in [-0.1, -0.05) is 0 Å². The van der Waals surface area contributed by atoms with E-state index in [-0.39, 0.29) is 16.2 Å². The lowest BCUT2D eigenvalue weighted by Crippen LogP contribution is -2.36. The average molecular weight is 434 g/mol. The summed E-state index contributed by atoms with van der Waals surface area (Å²) in [7, 11) is -3.58. The number of nitrogens with zero attached hydrogens (tertiary/aromatic N) is 2. The molecule has 2 aromatic carbocycles. The first kappa shape index (κ1) is 19.7. The lowest BCUT2D eigenvalue weighted by molar-refractivity contribution is 0.0980. The zero-order valence-corrected chi connectivity index (χ0v) is 16.8. The number of rotatable bonds is 4. The van der Waals surface area contributed by atoms with E-state index in [4.69, 9.17) is 0 Å². The van der Waals surface area contributed by atoms with E-state index in [1.54, 1.807) is 23.7 Å². The quantitative estimate of drug-likeness (QED) is 0.623. The van der Waals surface area contributed by atoms with Gasteiger partial charge in [0.25, 0.3) is 5.91 Å². The van der Waals surface area contributed by atoms with Gasteiger partial charge in [0.05, 0.1) is 10.5 Å². The minimum absolute atomic E-state index is 0.151. The molecule has 0 aliphatic carbocycles. The highest BCUT2D eigenvalue weighted by Gasteiger charge is 2.27. The molecule has 0 fully saturated rings. The SMILES string of the molecule is O=C(c1cc(F)ccc1F)N1CCCc2cc(S(=O)(=O)Cc3nccs3)ccc21. The molecule has 4 rings (SSSR count). The third kappa shape index (κ3) is 3.92. The normalized spacial score (nSPS) is 13.9. The van der Waals surface area contributed by atoms with Crippen molar-refractivity contribution in [1.29, 1.82) is 0 Å². The smallest absolute Gasteiger partial charge is 0.261 e. The molecule has 150 valence electrons. The van der Waals surface area contributed by atoms with Gasteiger partial charge in [-0.3, -0.25) is 4.79 Å². The molecular weight excluding hydrogens is 418 g/mol. The Morgan fingerprint density at radius 3 is 2.76 bits per heavy atom. The summed E-state index contributed by atoms with van der Waals surface area (Å²) in [6, 6.07) is 7.30. The van der Waals surface area contributed by atoms with Gasteiger partial charge >= 0.3 is 0 Å². The summed E-state index contributed by atoms with van der Waals surface area (Å²) >= 11 is 1.27. The zero-order chi connectivity index (χ0) is 20.6. The molecule has 0 atom stereocenters. The van der Waals surface area contributed by atoms with Crippen molar-refractivity contribution in [3.8, 4) is 0 Å². The van der Waals surface area contributed by atoms with Crippen LogP contribution in [0.2, 0.25) is 0 Å². The molecule has 1 aliphatic heterocycles. The molecule has 3 aromatic rings. The molecule has 1 aromatic heterocycles. The number of hydrogen-bond donors (Lipinski definition) is 0. The van der Waals surface area contributed by atoms with Crippen LogP contribution in [0.3, 0.4) is 0 Å². The Bertz CT molecular complexity index is 1180. The second kappa shape index (κ2) is 7.64. The predicted molar refractivity (Wildman–Crippen MR) is 106 cm³/mol. The van der Waals surface area contributed by atoms with Crippen molar-refractivity contribution < 1.29 is 22.0 Å². The Morgan fingerprint density at radius 2 is 2.00 bits per heavy atom. The maximum atomic E-state index is 14.1. The van der Waals surface area contributed by atoms with Gasteiger partial charge in [0, 0.05) is 23.8 Å². The second-order valence-electron chi connectivity index (χ2n) is 6.66. The van der Waals surface area contributed by atoms with Crippen LogP contribution in [-0.4, -0.2) is 25.9 Å². The number of hydrogen-bond acceptors (Lipinski definition) is 5. The van der Waals surface area contributed by atoms with Gasteiger partial charge in [-0.15, -0.1) is 11.3 Å². The standard InChI is InChI=1S/C20H16F2N2O3S2/c21-14-3-5-17(22)16(11-14)20(25)24-8-1-2-13-10-15(4-6-18(13)24)29(26,27)12-19-23-7-9-28-19/h3-7,9-11H,1-2,8,12H2. The minimum Gasteiger partial charge on any atom is -0.308 e. The number of carbonyl (C=O) groups excluding carboxylic acids is 1. The number of amides is 1. The number of fused-ring (bicyclic) bond motifs is 1. The van der Waals surface area contributed by atoms with Crippen molar-refractivity contribution in [3.63, 3.8) is 0 Å². The molecule has 2 heterocycles. The topological polar surface area (TPSA) is 67.3 Å². The number of carbonyl (C=O) groups is 1. The highest BCUT2D eigenvalue weighted by molar-refractivity contribution is 7.90. The van der Waals surface area contributed by atoms with Crippen LogP contribution in [-0.2, 0) is 22.0 Å². The summed E-state index contributed by atoms with van der Waals surface area (Å²) in [5.74, 6) is -2.34. The van der Waals surface area contributed by atoms with Crippen LogP contribution in [0.4, 0.5) is 14.5 Å². The highest BCUT2D eigenvalue weighted by Crippen LogP contribution is 2.32. The fraction of sp³-hybridized carbons (Fsp3) is 0.200. The van der Waals surface area contributed by atoms with Crippen LogP contribution in [0, 0.1) is 11.6 Å². The summed E-state index contributed by atoms with van der Waals surface area (Å²) < 4.78 is 53.0. The molecule has 0 radical (unpaired) electrons. The van der Waals surface area contributed by atoms with Gasteiger partial charge in [0.2, 0.25) is 0 Å². The van der Waals surface area contributed by atoms with Gasteiger partial charge < -0.3 is 4.90 Å². The molecular formula is C20H16F2N2O3S2. The van der Waals surface area contributed by atoms with E-state index in [1.807, 2.05) is 0 Å². The van der Waals surface area contributed by atoms with Crippen LogP contribution in [0.5, 0.6) is 0 Å². The maximum absolute atomic E-state index is 14.1. The van der Waals surface area contributed by atoms with Crippen molar-refractivity contribution in [3.05, 3.63) is 75.7 Å². The Hall–Kier alpha value is -2.65. The van der Waals surface area contributed by atoms with E-state index in [9.17, 15) is 22.0 Å². The fourth-order valence-corrected chi connectivity index (χ4v) is 5.66. The Kier molecular flexibility index (Phi) is 5.18. The zero-order valence-electron chi connectivity index (χ0n) is 15.1. The Labute approximate surface area is 170 Å². The lowest BCUT2D eigenvalue weighted by atomic mass is 10.0. The summed E-state index contributed by atoms with van der Waals surface area (Å²) in [5.41, 5.74) is 0.845. The number of aryl methyl sites for hydroxylation is 1.